The van der Waals surface area contributed by atoms with E-state index in [4.69, 9.17) is 16.7 Å². The number of carbonyl (C=O) groups excluding carboxylic acids is 1. The molecule has 0 aliphatic carbocycles. The first-order valence-electron chi connectivity index (χ1n) is 5.67. The molecular weight excluding hydrogens is 472 g/mol. The third-order valence-corrected chi connectivity index (χ3v) is 4.50. The van der Waals surface area contributed by atoms with Gasteiger partial charge in [-0.05, 0) is 74.9 Å². The predicted octanol–water partition coefficient (Wildman–Crippen LogP) is 4.66. The number of carboxylic acids is 1. The van der Waals surface area contributed by atoms with Crippen LogP contribution in [0.25, 0.3) is 0 Å². The number of carboxylic acid groups (broad SMARTS) is 1. The molecule has 7 heteroatoms. The minimum Gasteiger partial charge on any atom is -0.478 e. The number of nitrogens with one attached hydrogen (secondary N) is 1. The maximum absolute atomic E-state index is 12.3. The Balaban J connectivity index is 2.33. The minimum absolute atomic E-state index is 0.0919. The Hall–Kier alpha value is -1.12. The molecule has 0 spiro atoms. The average molecular weight is 480 g/mol. The minimum atomic E-state index is -1.06. The maximum Gasteiger partial charge on any atom is 0.335 e. The smallest absolute Gasteiger partial charge is 0.335 e. The zero-order chi connectivity index (χ0) is 15.6. The molecule has 4 nitrogen and oxygen atoms in total. The Morgan fingerprint density at radius 3 is 2.57 bits per heavy atom. The Kier molecular flexibility index (Phi) is 5.23. The van der Waals surface area contributed by atoms with E-state index in [0.29, 0.717) is 20.7 Å². The number of amides is 1. The van der Waals surface area contributed by atoms with Crippen LogP contribution in [0.3, 0.4) is 0 Å². The average Bonchev–Trinajstić information content (AvgIpc) is 2.43. The van der Waals surface area contributed by atoms with Crippen LogP contribution in [0.1, 0.15) is 20.7 Å². The van der Waals surface area contributed by atoms with E-state index in [-0.39, 0.29) is 11.5 Å². The van der Waals surface area contributed by atoms with E-state index in [1.807, 2.05) is 22.6 Å². The molecule has 0 aliphatic heterocycles. The van der Waals surface area contributed by atoms with E-state index in [9.17, 15) is 9.59 Å². The van der Waals surface area contributed by atoms with Gasteiger partial charge in [0.15, 0.2) is 0 Å². The van der Waals surface area contributed by atoms with Gasteiger partial charge in [-0.25, -0.2) is 4.79 Å². The topological polar surface area (TPSA) is 66.4 Å². The van der Waals surface area contributed by atoms with Gasteiger partial charge < -0.3 is 10.4 Å². The van der Waals surface area contributed by atoms with Crippen molar-refractivity contribution in [2.75, 3.05) is 5.32 Å². The largest absolute Gasteiger partial charge is 0.478 e. The van der Waals surface area contributed by atoms with Crippen LogP contribution < -0.4 is 5.32 Å². The molecule has 0 fully saturated rings. The zero-order valence-corrected chi connectivity index (χ0v) is 14.9. The van der Waals surface area contributed by atoms with Gasteiger partial charge in [-0.2, -0.15) is 0 Å². The molecule has 0 bridgehead atoms. The van der Waals surface area contributed by atoms with Crippen LogP contribution in [0.5, 0.6) is 0 Å². The normalized spacial score (nSPS) is 10.2. The number of carbonyl (C=O) groups is 2. The summed E-state index contributed by atoms with van der Waals surface area (Å²) >= 11 is 11.2. The van der Waals surface area contributed by atoms with Gasteiger partial charge in [0.05, 0.1) is 16.8 Å². The number of rotatable bonds is 3. The lowest BCUT2D eigenvalue weighted by Gasteiger charge is -2.10. The third-order valence-electron chi connectivity index (χ3n) is 2.63. The van der Waals surface area contributed by atoms with Gasteiger partial charge >= 0.3 is 5.97 Å². The number of halogens is 3. The van der Waals surface area contributed by atoms with E-state index < -0.39 is 5.97 Å². The maximum atomic E-state index is 12.3. The summed E-state index contributed by atoms with van der Waals surface area (Å²) in [7, 11) is 0. The van der Waals surface area contributed by atoms with Crippen LogP contribution in [0, 0.1) is 3.57 Å². The monoisotopic (exact) mass is 479 g/mol. The molecule has 0 aromatic heterocycles. The second kappa shape index (κ2) is 6.76. The van der Waals surface area contributed by atoms with Crippen molar-refractivity contribution < 1.29 is 14.7 Å². The van der Waals surface area contributed by atoms with E-state index in [1.54, 1.807) is 24.3 Å². The van der Waals surface area contributed by atoms with Gasteiger partial charge in [-0.1, -0.05) is 11.6 Å². The highest BCUT2D eigenvalue weighted by Crippen LogP contribution is 2.25. The molecule has 0 aliphatic rings. The SMILES string of the molecule is O=C(O)c1ccc(Br)c(NC(=O)c2cc(Cl)ccc2I)c1. The van der Waals surface area contributed by atoms with Crippen molar-refractivity contribution in [3.63, 3.8) is 0 Å². The summed E-state index contributed by atoms with van der Waals surface area (Å²) in [6.07, 6.45) is 0. The summed E-state index contributed by atoms with van der Waals surface area (Å²) < 4.78 is 1.35. The summed E-state index contributed by atoms with van der Waals surface area (Å²) in [5, 5.41) is 12.1. The van der Waals surface area contributed by atoms with Crippen LogP contribution in [0.15, 0.2) is 40.9 Å². The molecule has 1 amide bonds. The molecule has 0 atom stereocenters. The third kappa shape index (κ3) is 3.96. The summed E-state index contributed by atoms with van der Waals surface area (Å²) in [4.78, 5) is 23.3. The lowest BCUT2D eigenvalue weighted by atomic mass is 10.1. The molecule has 21 heavy (non-hydrogen) atoms. The summed E-state index contributed by atoms with van der Waals surface area (Å²) in [5.41, 5.74) is 0.903. The van der Waals surface area contributed by atoms with E-state index in [2.05, 4.69) is 21.2 Å². The first kappa shape index (κ1) is 16.3. The van der Waals surface area contributed by atoms with Crippen LogP contribution >= 0.6 is 50.1 Å². The van der Waals surface area contributed by atoms with Gasteiger partial charge in [0.2, 0.25) is 0 Å². The summed E-state index contributed by atoms with van der Waals surface area (Å²) in [6.45, 7) is 0. The molecule has 108 valence electrons. The lowest BCUT2D eigenvalue weighted by Crippen LogP contribution is -2.14. The van der Waals surface area contributed by atoms with Crippen molar-refractivity contribution >= 4 is 67.7 Å². The van der Waals surface area contributed by atoms with E-state index in [1.165, 1.54) is 12.1 Å². The van der Waals surface area contributed by atoms with E-state index in [0.717, 1.165) is 3.57 Å². The fourth-order valence-electron chi connectivity index (χ4n) is 1.62. The highest BCUT2D eigenvalue weighted by Gasteiger charge is 2.14. The fourth-order valence-corrected chi connectivity index (χ4v) is 2.71. The Labute approximate surface area is 147 Å². The number of anilines is 1. The molecular formula is C14H8BrClINO3. The van der Waals surface area contributed by atoms with Gasteiger partial charge in [0, 0.05) is 13.1 Å². The molecule has 2 aromatic rings. The zero-order valence-electron chi connectivity index (χ0n) is 10.4. The Bertz CT molecular complexity index is 736. The van der Waals surface area contributed by atoms with Gasteiger partial charge in [-0.3, -0.25) is 4.79 Å². The molecule has 0 heterocycles. The van der Waals surface area contributed by atoms with Crippen LogP contribution in [-0.2, 0) is 0 Å². The van der Waals surface area contributed by atoms with Crippen molar-refractivity contribution in [3.05, 3.63) is 60.6 Å². The molecule has 0 saturated carbocycles. The standard InChI is InChI=1S/C14H8BrClINO3/c15-10-3-1-7(14(20)21)5-12(10)18-13(19)9-6-8(16)2-4-11(9)17/h1-6H,(H,18,19)(H,20,21). The highest BCUT2D eigenvalue weighted by atomic mass is 127. The van der Waals surface area contributed by atoms with Crippen molar-refractivity contribution in [2.24, 2.45) is 0 Å². The number of hydrogen-bond donors (Lipinski definition) is 2. The van der Waals surface area contributed by atoms with Gasteiger partial charge in [0.1, 0.15) is 0 Å². The number of benzene rings is 2. The first-order valence-corrected chi connectivity index (χ1v) is 7.92. The van der Waals surface area contributed by atoms with Crippen LogP contribution in [-0.4, -0.2) is 17.0 Å². The van der Waals surface area contributed by atoms with Crippen LogP contribution in [0.2, 0.25) is 5.02 Å². The predicted molar refractivity (Wildman–Crippen MR) is 93.2 cm³/mol. The Morgan fingerprint density at radius 2 is 1.90 bits per heavy atom. The van der Waals surface area contributed by atoms with Gasteiger partial charge in [0.25, 0.3) is 5.91 Å². The fraction of sp³-hybridized carbons (Fsp3) is 0. The number of aromatic carboxylic acids is 1. The molecule has 0 saturated heterocycles. The Morgan fingerprint density at radius 1 is 1.19 bits per heavy atom. The second-order valence-corrected chi connectivity index (χ2v) is 6.53. The second-order valence-electron chi connectivity index (χ2n) is 4.08. The summed E-state index contributed by atoms with van der Waals surface area (Å²) in [5.74, 6) is -1.42. The molecule has 0 unspecified atom stereocenters. The van der Waals surface area contributed by atoms with E-state index >= 15 is 0 Å². The quantitative estimate of drug-likeness (QED) is 0.629. The molecule has 2 rings (SSSR count). The van der Waals surface area contributed by atoms with Crippen molar-refractivity contribution in [2.45, 2.75) is 0 Å². The van der Waals surface area contributed by atoms with Crippen molar-refractivity contribution in [3.8, 4) is 0 Å². The first-order chi connectivity index (χ1) is 9.88. The van der Waals surface area contributed by atoms with Gasteiger partial charge in [-0.15, -0.1) is 0 Å². The highest BCUT2D eigenvalue weighted by molar-refractivity contribution is 14.1. The summed E-state index contributed by atoms with van der Waals surface area (Å²) in [6, 6.07) is 9.41. The molecule has 2 N–H and O–H groups in total. The van der Waals surface area contributed by atoms with Crippen LogP contribution in [0.4, 0.5) is 5.69 Å². The lowest BCUT2D eigenvalue weighted by molar-refractivity contribution is 0.0696. The number of hydrogen-bond acceptors (Lipinski definition) is 2. The van der Waals surface area contributed by atoms with Crippen molar-refractivity contribution in [1.82, 2.24) is 0 Å². The van der Waals surface area contributed by atoms with Crippen molar-refractivity contribution in [1.29, 1.82) is 0 Å². The molecule has 2 aromatic carbocycles. The molecule has 0 radical (unpaired) electrons.